The highest BCUT2D eigenvalue weighted by atomic mass is 32.2. The van der Waals surface area contributed by atoms with Crippen molar-refractivity contribution >= 4 is 32.5 Å². The smallest absolute Gasteiger partial charge is 0.325 e. The van der Waals surface area contributed by atoms with Crippen LogP contribution in [0.15, 0.2) is 58.2 Å². The molecule has 0 radical (unpaired) electrons. The molecular formula is C20H23N3O4S. The Morgan fingerprint density at radius 1 is 0.964 bits per heavy atom. The van der Waals surface area contributed by atoms with E-state index in [-0.39, 0.29) is 40.9 Å². The molecule has 0 spiro atoms. The number of sulfone groups is 1. The molecule has 0 atom stereocenters. The summed E-state index contributed by atoms with van der Waals surface area (Å²) >= 11 is 0. The number of benzene rings is 2. The van der Waals surface area contributed by atoms with Crippen LogP contribution < -0.4 is 11.0 Å². The zero-order valence-electron chi connectivity index (χ0n) is 15.9. The van der Waals surface area contributed by atoms with Gasteiger partial charge in [-0.25, -0.2) is 13.2 Å². The summed E-state index contributed by atoms with van der Waals surface area (Å²) in [7, 11) is -3.45. The van der Waals surface area contributed by atoms with Gasteiger partial charge in [0.05, 0.1) is 27.4 Å². The largest absolute Gasteiger partial charge is 0.329 e. The van der Waals surface area contributed by atoms with E-state index in [1.807, 2.05) is 31.2 Å². The molecule has 8 heteroatoms. The van der Waals surface area contributed by atoms with Crippen molar-refractivity contribution in [1.82, 2.24) is 9.13 Å². The highest BCUT2D eigenvalue weighted by Crippen LogP contribution is 2.22. The topological polar surface area (TPSA) is 90.2 Å². The van der Waals surface area contributed by atoms with Crippen molar-refractivity contribution in [2.75, 3.05) is 11.1 Å². The maximum absolute atomic E-state index is 12.6. The van der Waals surface area contributed by atoms with Gasteiger partial charge in [0.25, 0.3) is 0 Å². The minimum absolute atomic E-state index is 0.0498. The highest BCUT2D eigenvalue weighted by molar-refractivity contribution is 7.91. The lowest BCUT2D eigenvalue weighted by molar-refractivity contribution is -0.116. The maximum Gasteiger partial charge on any atom is 0.329 e. The molecule has 0 unspecified atom stereocenters. The molecule has 1 N–H and O–H groups in total. The van der Waals surface area contributed by atoms with Crippen LogP contribution in [0, 0.1) is 0 Å². The van der Waals surface area contributed by atoms with Crippen LogP contribution in [0.3, 0.4) is 0 Å². The third-order valence-electron chi connectivity index (χ3n) is 4.68. The lowest BCUT2D eigenvalue weighted by atomic mass is 10.3. The van der Waals surface area contributed by atoms with E-state index in [1.54, 1.807) is 34.3 Å². The van der Waals surface area contributed by atoms with Crippen LogP contribution in [0.25, 0.3) is 11.0 Å². The van der Waals surface area contributed by atoms with E-state index >= 15 is 0 Å². The third-order valence-corrected chi connectivity index (χ3v) is 6.47. The van der Waals surface area contributed by atoms with Gasteiger partial charge in [-0.1, -0.05) is 31.2 Å². The summed E-state index contributed by atoms with van der Waals surface area (Å²) in [6.45, 7) is 4.21. The van der Waals surface area contributed by atoms with E-state index in [4.69, 9.17) is 0 Å². The molecule has 7 nitrogen and oxygen atoms in total. The summed E-state index contributed by atoms with van der Waals surface area (Å²) in [5.74, 6) is -0.398. The number of imidazole rings is 1. The van der Waals surface area contributed by atoms with Gasteiger partial charge in [0.2, 0.25) is 5.91 Å². The number of hydrogen-bond acceptors (Lipinski definition) is 4. The fourth-order valence-corrected chi connectivity index (χ4v) is 4.27. The first-order chi connectivity index (χ1) is 13.4. The van der Waals surface area contributed by atoms with Crippen LogP contribution in [0.2, 0.25) is 0 Å². The number of aryl methyl sites for hydroxylation is 2. The van der Waals surface area contributed by atoms with Crippen LogP contribution in [0.5, 0.6) is 0 Å². The second-order valence-corrected chi connectivity index (χ2v) is 8.61. The Morgan fingerprint density at radius 3 is 2.21 bits per heavy atom. The molecule has 0 saturated heterocycles. The first-order valence-electron chi connectivity index (χ1n) is 9.18. The quantitative estimate of drug-likeness (QED) is 0.659. The minimum Gasteiger partial charge on any atom is -0.325 e. The molecule has 0 fully saturated rings. The molecule has 3 aromatic rings. The number of aromatic nitrogens is 2. The Hall–Kier alpha value is -2.87. The van der Waals surface area contributed by atoms with Crippen molar-refractivity contribution in [2.45, 2.75) is 38.3 Å². The monoisotopic (exact) mass is 401 g/mol. The summed E-state index contributed by atoms with van der Waals surface area (Å²) in [4.78, 5) is 25.2. The van der Waals surface area contributed by atoms with Gasteiger partial charge >= 0.3 is 5.69 Å². The SMILES string of the molecule is CCn1c(=O)n(CCC(=O)Nc2ccccc2S(=O)(=O)CC)c2ccccc21. The van der Waals surface area contributed by atoms with E-state index in [1.165, 1.54) is 6.07 Å². The van der Waals surface area contributed by atoms with E-state index in [2.05, 4.69) is 5.32 Å². The summed E-state index contributed by atoms with van der Waals surface area (Å²) in [5.41, 5.74) is 1.70. The number of nitrogens with one attached hydrogen (secondary N) is 1. The third kappa shape index (κ3) is 3.73. The molecule has 0 bridgehead atoms. The van der Waals surface area contributed by atoms with Gasteiger partial charge in [-0.15, -0.1) is 0 Å². The summed E-state index contributed by atoms with van der Waals surface area (Å²) in [5, 5.41) is 2.67. The van der Waals surface area contributed by atoms with Crippen molar-refractivity contribution in [2.24, 2.45) is 0 Å². The van der Waals surface area contributed by atoms with Crippen LogP contribution in [0.1, 0.15) is 20.3 Å². The van der Waals surface area contributed by atoms with E-state index in [0.29, 0.717) is 6.54 Å². The molecule has 1 aromatic heterocycles. The number of amides is 1. The number of carbonyl (C=O) groups is 1. The fourth-order valence-electron chi connectivity index (χ4n) is 3.22. The zero-order valence-corrected chi connectivity index (χ0v) is 16.7. The number of hydrogen-bond donors (Lipinski definition) is 1. The number of fused-ring (bicyclic) bond motifs is 1. The summed E-state index contributed by atoms with van der Waals surface area (Å²) < 4.78 is 27.7. The second kappa shape index (κ2) is 8.02. The number of nitrogens with zero attached hydrogens (tertiary/aromatic N) is 2. The van der Waals surface area contributed by atoms with Crippen LogP contribution in [0.4, 0.5) is 5.69 Å². The Morgan fingerprint density at radius 2 is 1.57 bits per heavy atom. The number of rotatable bonds is 7. The van der Waals surface area contributed by atoms with Crippen LogP contribution in [-0.2, 0) is 27.7 Å². The Balaban J connectivity index is 1.81. The van der Waals surface area contributed by atoms with Gasteiger partial charge in [-0.2, -0.15) is 0 Å². The van der Waals surface area contributed by atoms with E-state index < -0.39 is 9.84 Å². The Bertz CT molecular complexity index is 1180. The lowest BCUT2D eigenvalue weighted by Gasteiger charge is -2.11. The van der Waals surface area contributed by atoms with Crippen LogP contribution >= 0.6 is 0 Å². The fraction of sp³-hybridized carbons (Fsp3) is 0.300. The highest BCUT2D eigenvalue weighted by Gasteiger charge is 2.18. The van der Waals surface area contributed by atoms with Crippen molar-refractivity contribution in [3.8, 4) is 0 Å². The Kier molecular flexibility index (Phi) is 5.69. The average Bonchev–Trinajstić information content (AvgIpc) is 2.97. The van der Waals surface area contributed by atoms with E-state index in [9.17, 15) is 18.0 Å². The first kappa shape index (κ1) is 19.9. The molecule has 0 aliphatic heterocycles. The van der Waals surface area contributed by atoms with Gasteiger partial charge in [0.15, 0.2) is 9.84 Å². The molecule has 1 amide bonds. The minimum atomic E-state index is -3.45. The normalized spacial score (nSPS) is 11.6. The zero-order chi connectivity index (χ0) is 20.3. The molecule has 1 heterocycles. The number of anilines is 1. The van der Waals surface area contributed by atoms with Gasteiger partial charge < -0.3 is 5.32 Å². The molecule has 0 aliphatic rings. The number of carbonyl (C=O) groups excluding carboxylic acids is 1. The Labute approximate surface area is 163 Å². The van der Waals surface area contributed by atoms with Crippen LogP contribution in [-0.4, -0.2) is 29.2 Å². The molecule has 0 aliphatic carbocycles. The van der Waals surface area contributed by atoms with Gasteiger partial charge in [0.1, 0.15) is 0 Å². The predicted octanol–water partition coefficient (Wildman–Crippen LogP) is 2.65. The standard InChI is InChI=1S/C20H23N3O4S/c1-3-22-16-10-6-7-11-17(16)23(20(22)25)14-13-19(24)21-15-9-5-8-12-18(15)28(26,27)4-2/h5-12H,3-4,13-14H2,1-2H3,(H,21,24). The summed E-state index contributed by atoms with van der Waals surface area (Å²) in [6.07, 6.45) is 0.0537. The first-order valence-corrected chi connectivity index (χ1v) is 10.8. The van der Waals surface area contributed by atoms with Crippen molar-refractivity contribution in [1.29, 1.82) is 0 Å². The van der Waals surface area contributed by atoms with Gasteiger partial charge in [-0.05, 0) is 31.2 Å². The molecule has 2 aromatic carbocycles. The van der Waals surface area contributed by atoms with E-state index in [0.717, 1.165) is 11.0 Å². The molecule has 3 rings (SSSR count). The maximum atomic E-state index is 12.6. The molecule has 28 heavy (non-hydrogen) atoms. The summed E-state index contributed by atoms with van der Waals surface area (Å²) in [6, 6.07) is 13.8. The molecule has 148 valence electrons. The predicted molar refractivity (Wildman–Crippen MR) is 109 cm³/mol. The lowest BCUT2D eigenvalue weighted by Crippen LogP contribution is -2.26. The molecule has 0 saturated carbocycles. The second-order valence-electron chi connectivity index (χ2n) is 6.36. The van der Waals surface area contributed by atoms with Crippen molar-refractivity contribution in [3.63, 3.8) is 0 Å². The van der Waals surface area contributed by atoms with Gasteiger partial charge in [0, 0.05) is 19.5 Å². The average molecular weight is 401 g/mol. The number of para-hydroxylation sites is 3. The molecular weight excluding hydrogens is 378 g/mol. The van der Waals surface area contributed by atoms with Crippen molar-refractivity contribution < 1.29 is 13.2 Å². The van der Waals surface area contributed by atoms with Gasteiger partial charge in [-0.3, -0.25) is 13.9 Å². The van der Waals surface area contributed by atoms with Crippen molar-refractivity contribution in [3.05, 3.63) is 59.0 Å².